The molecule has 0 radical (unpaired) electrons. The molecular weight excluding hydrogens is 167 g/mol. The van der Waals surface area contributed by atoms with E-state index in [-0.39, 0.29) is 11.3 Å². The molecule has 0 spiro atoms. The molecule has 0 aliphatic rings. The first-order valence-electron chi connectivity index (χ1n) is 3.42. The van der Waals surface area contributed by atoms with Gasteiger partial charge < -0.3 is 5.73 Å². The van der Waals surface area contributed by atoms with Crippen LogP contribution >= 0.6 is 0 Å². The average Bonchev–Trinajstić information content (AvgIpc) is 1.97. The molecule has 0 heterocycles. The molecule has 0 unspecified atom stereocenters. The second-order valence-corrected chi connectivity index (χ2v) is 2.40. The summed E-state index contributed by atoms with van der Waals surface area (Å²) in [5.41, 5.74) is 5.27. The van der Waals surface area contributed by atoms with Crippen LogP contribution in [0, 0.1) is 5.82 Å². The van der Waals surface area contributed by atoms with Crippen LogP contribution in [0.2, 0.25) is 0 Å². The number of nitrogen functional groups attached to an aromatic ring is 1. The van der Waals surface area contributed by atoms with Gasteiger partial charge in [-0.1, -0.05) is 6.07 Å². The number of nitrogens with two attached hydrogens (primary N) is 1. The number of benzene rings is 1. The Morgan fingerprint density at radius 3 is 2.50 bits per heavy atom. The molecule has 1 nitrogen and oxygen atoms in total. The average molecular weight is 175 g/mol. The van der Waals surface area contributed by atoms with Gasteiger partial charge in [0.2, 0.25) is 6.43 Å². The predicted molar refractivity (Wildman–Crippen MR) is 40.5 cm³/mol. The van der Waals surface area contributed by atoms with Gasteiger partial charge in [0.1, 0.15) is 5.82 Å². The fourth-order valence-electron chi connectivity index (χ4n) is 0.945. The zero-order valence-electron chi connectivity index (χ0n) is 6.23. The summed E-state index contributed by atoms with van der Waals surface area (Å²) in [6.07, 6.45) is -3.19. The minimum atomic E-state index is -2.57. The zero-order chi connectivity index (χ0) is 9.14. The molecule has 1 rings (SSSR count). The maximum atomic E-state index is 12.8. The summed E-state index contributed by atoms with van der Waals surface area (Å²) >= 11 is 0. The second kappa shape index (κ2) is 3.47. The number of alkyl halides is 2. The maximum absolute atomic E-state index is 12.8. The number of rotatable bonds is 2. The molecule has 0 saturated heterocycles. The quantitative estimate of drug-likeness (QED) is 0.685. The summed E-state index contributed by atoms with van der Waals surface area (Å²) in [6.45, 7) is 0. The SMILES string of the molecule is Nc1cccc(F)c1CC(F)F. The van der Waals surface area contributed by atoms with E-state index in [1.54, 1.807) is 0 Å². The molecule has 0 bridgehead atoms. The number of hydrogen-bond acceptors (Lipinski definition) is 1. The monoisotopic (exact) mass is 175 g/mol. The summed E-state index contributed by atoms with van der Waals surface area (Å²) in [6, 6.07) is 3.91. The molecule has 1 aromatic carbocycles. The fraction of sp³-hybridized carbons (Fsp3) is 0.250. The minimum Gasteiger partial charge on any atom is -0.398 e. The van der Waals surface area contributed by atoms with Gasteiger partial charge in [0.15, 0.2) is 0 Å². The van der Waals surface area contributed by atoms with E-state index >= 15 is 0 Å². The van der Waals surface area contributed by atoms with Crippen LogP contribution in [-0.4, -0.2) is 6.43 Å². The minimum absolute atomic E-state index is 0.0790. The lowest BCUT2D eigenvalue weighted by Crippen LogP contribution is -2.03. The van der Waals surface area contributed by atoms with Gasteiger partial charge in [-0.3, -0.25) is 0 Å². The summed E-state index contributed by atoms with van der Waals surface area (Å²) in [5.74, 6) is -0.671. The highest BCUT2D eigenvalue weighted by atomic mass is 19.3. The molecule has 0 aliphatic heterocycles. The van der Waals surface area contributed by atoms with E-state index in [9.17, 15) is 13.2 Å². The van der Waals surface area contributed by atoms with Gasteiger partial charge in [-0.2, -0.15) is 0 Å². The summed E-state index contributed by atoms with van der Waals surface area (Å²) in [5, 5.41) is 0. The maximum Gasteiger partial charge on any atom is 0.242 e. The number of halogens is 3. The van der Waals surface area contributed by atoms with Crippen molar-refractivity contribution in [2.75, 3.05) is 5.73 Å². The largest absolute Gasteiger partial charge is 0.398 e. The third kappa shape index (κ3) is 1.90. The zero-order valence-corrected chi connectivity index (χ0v) is 6.23. The van der Waals surface area contributed by atoms with Gasteiger partial charge in [0.05, 0.1) is 0 Å². The Morgan fingerprint density at radius 2 is 2.00 bits per heavy atom. The first-order chi connectivity index (χ1) is 5.61. The van der Waals surface area contributed by atoms with Crippen molar-refractivity contribution in [2.45, 2.75) is 12.8 Å². The van der Waals surface area contributed by atoms with Gasteiger partial charge >= 0.3 is 0 Å². The van der Waals surface area contributed by atoms with Crippen LogP contribution in [0.1, 0.15) is 5.56 Å². The highest BCUT2D eigenvalue weighted by Crippen LogP contribution is 2.18. The highest BCUT2D eigenvalue weighted by molar-refractivity contribution is 5.47. The normalized spacial score (nSPS) is 10.7. The molecule has 0 aromatic heterocycles. The van der Waals surface area contributed by atoms with Crippen molar-refractivity contribution in [1.82, 2.24) is 0 Å². The van der Waals surface area contributed by atoms with Crippen LogP contribution in [0.4, 0.5) is 18.9 Å². The van der Waals surface area contributed by atoms with Crippen molar-refractivity contribution < 1.29 is 13.2 Å². The Balaban J connectivity index is 2.96. The van der Waals surface area contributed by atoms with E-state index in [0.29, 0.717) is 0 Å². The van der Waals surface area contributed by atoms with Crippen molar-refractivity contribution in [3.05, 3.63) is 29.6 Å². The van der Waals surface area contributed by atoms with E-state index in [1.165, 1.54) is 12.1 Å². The Kier molecular flexibility index (Phi) is 2.58. The van der Waals surface area contributed by atoms with Crippen LogP contribution in [0.5, 0.6) is 0 Å². The van der Waals surface area contributed by atoms with Crippen LogP contribution in [0.15, 0.2) is 18.2 Å². The van der Waals surface area contributed by atoms with Gasteiger partial charge in [-0.05, 0) is 12.1 Å². The van der Waals surface area contributed by atoms with E-state index in [0.717, 1.165) is 6.07 Å². The Labute approximate surface area is 68.0 Å². The molecule has 0 fully saturated rings. The molecule has 0 atom stereocenters. The molecular formula is C8H8F3N. The number of hydrogen-bond donors (Lipinski definition) is 1. The Morgan fingerprint density at radius 1 is 1.33 bits per heavy atom. The molecule has 0 aliphatic carbocycles. The van der Waals surface area contributed by atoms with Crippen LogP contribution in [0.3, 0.4) is 0 Å². The molecule has 66 valence electrons. The topological polar surface area (TPSA) is 26.0 Å². The van der Waals surface area contributed by atoms with Crippen LogP contribution in [-0.2, 0) is 6.42 Å². The Bertz CT molecular complexity index is 253. The third-order valence-corrected chi connectivity index (χ3v) is 1.51. The van der Waals surface area contributed by atoms with Crippen molar-refractivity contribution in [2.24, 2.45) is 0 Å². The lowest BCUT2D eigenvalue weighted by molar-refractivity contribution is 0.148. The highest BCUT2D eigenvalue weighted by Gasteiger charge is 2.11. The van der Waals surface area contributed by atoms with Gasteiger partial charge in [0.25, 0.3) is 0 Å². The summed E-state index contributed by atoms with van der Waals surface area (Å²) in [7, 11) is 0. The van der Waals surface area contributed by atoms with E-state index < -0.39 is 18.7 Å². The lowest BCUT2D eigenvalue weighted by atomic mass is 10.1. The fourth-order valence-corrected chi connectivity index (χ4v) is 0.945. The lowest BCUT2D eigenvalue weighted by Gasteiger charge is -2.05. The predicted octanol–water partition coefficient (Wildman–Crippen LogP) is 2.22. The van der Waals surface area contributed by atoms with Crippen molar-refractivity contribution in [1.29, 1.82) is 0 Å². The standard InChI is InChI=1S/C8H8F3N/c9-6-2-1-3-7(12)5(6)4-8(10)11/h1-3,8H,4,12H2. The Hall–Kier alpha value is -1.19. The molecule has 1 aromatic rings. The van der Waals surface area contributed by atoms with Crippen molar-refractivity contribution in [3.63, 3.8) is 0 Å². The van der Waals surface area contributed by atoms with Crippen LogP contribution < -0.4 is 5.73 Å². The van der Waals surface area contributed by atoms with Gasteiger partial charge in [-0.25, -0.2) is 13.2 Å². The van der Waals surface area contributed by atoms with Crippen LogP contribution in [0.25, 0.3) is 0 Å². The third-order valence-electron chi connectivity index (χ3n) is 1.51. The molecule has 2 N–H and O–H groups in total. The van der Waals surface area contributed by atoms with E-state index in [4.69, 9.17) is 5.73 Å². The van der Waals surface area contributed by atoms with E-state index in [1.807, 2.05) is 0 Å². The second-order valence-electron chi connectivity index (χ2n) is 2.40. The molecule has 12 heavy (non-hydrogen) atoms. The molecule has 4 heteroatoms. The summed E-state index contributed by atoms with van der Waals surface area (Å²) < 4.78 is 36.5. The first kappa shape index (κ1) is 8.90. The summed E-state index contributed by atoms with van der Waals surface area (Å²) in [4.78, 5) is 0. The van der Waals surface area contributed by atoms with Gasteiger partial charge in [-0.15, -0.1) is 0 Å². The van der Waals surface area contributed by atoms with Crippen molar-refractivity contribution in [3.8, 4) is 0 Å². The van der Waals surface area contributed by atoms with Crippen molar-refractivity contribution >= 4 is 5.69 Å². The molecule has 0 amide bonds. The van der Waals surface area contributed by atoms with E-state index in [2.05, 4.69) is 0 Å². The molecule has 0 saturated carbocycles. The first-order valence-corrected chi connectivity index (χ1v) is 3.42. The number of anilines is 1. The smallest absolute Gasteiger partial charge is 0.242 e. The van der Waals surface area contributed by atoms with Gasteiger partial charge in [0, 0.05) is 17.7 Å².